The van der Waals surface area contributed by atoms with Crippen molar-refractivity contribution in [3.05, 3.63) is 28.2 Å². The number of amides is 1. The average Bonchev–Trinajstić information content (AvgIpc) is 3.01. The number of anilines is 1. The molecule has 1 atom stereocenters. The van der Waals surface area contributed by atoms with Gasteiger partial charge in [-0.05, 0) is 48.4 Å². The predicted octanol–water partition coefficient (Wildman–Crippen LogP) is 3.28. The minimum atomic E-state index is 0.168. The third kappa shape index (κ3) is 1.69. The molecule has 0 radical (unpaired) electrons. The zero-order valence-corrected chi connectivity index (χ0v) is 9.88. The van der Waals surface area contributed by atoms with Crippen LogP contribution in [0.25, 0.3) is 0 Å². The van der Waals surface area contributed by atoms with E-state index in [0.717, 1.165) is 16.1 Å². The molecule has 2 aliphatic rings. The Labute approximate surface area is 97.2 Å². The molecule has 3 rings (SSSR count). The lowest BCUT2D eigenvalue weighted by molar-refractivity contribution is -0.117. The van der Waals surface area contributed by atoms with Crippen molar-refractivity contribution in [3.63, 3.8) is 0 Å². The fourth-order valence-electron chi connectivity index (χ4n) is 2.38. The van der Waals surface area contributed by atoms with Gasteiger partial charge in [0.1, 0.15) is 0 Å². The minimum Gasteiger partial charge on any atom is -0.326 e. The summed E-state index contributed by atoms with van der Waals surface area (Å²) in [6.07, 6.45) is 3.22. The van der Waals surface area contributed by atoms with Crippen LogP contribution in [0.15, 0.2) is 22.7 Å². The summed E-state index contributed by atoms with van der Waals surface area (Å²) in [5.41, 5.74) is 2.32. The van der Waals surface area contributed by atoms with Crippen molar-refractivity contribution >= 4 is 27.5 Å². The SMILES string of the molecule is O=C1CC(C2CC2)c2cc(Br)ccc2N1. The van der Waals surface area contributed by atoms with E-state index >= 15 is 0 Å². The average molecular weight is 266 g/mol. The topological polar surface area (TPSA) is 29.1 Å². The second kappa shape index (κ2) is 3.34. The number of carbonyl (C=O) groups is 1. The van der Waals surface area contributed by atoms with E-state index in [1.165, 1.54) is 18.4 Å². The number of hydrogen-bond acceptors (Lipinski definition) is 1. The van der Waals surface area contributed by atoms with E-state index in [9.17, 15) is 4.79 Å². The lowest BCUT2D eigenvalue weighted by atomic mass is 9.87. The zero-order valence-electron chi connectivity index (χ0n) is 8.29. The van der Waals surface area contributed by atoms with Crippen molar-refractivity contribution in [2.45, 2.75) is 25.2 Å². The molecule has 1 aliphatic carbocycles. The molecule has 1 unspecified atom stereocenters. The minimum absolute atomic E-state index is 0.168. The van der Waals surface area contributed by atoms with Crippen molar-refractivity contribution in [1.29, 1.82) is 0 Å². The molecule has 0 saturated heterocycles. The van der Waals surface area contributed by atoms with Crippen LogP contribution < -0.4 is 5.32 Å². The van der Waals surface area contributed by atoms with E-state index in [4.69, 9.17) is 0 Å². The molecule has 1 N–H and O–H groups in total. The van der Waals surface area contributed by atoms with Crippen LogP contribution in [-0.4, -0.2) is 5.91 Å². The molecular weight excluding hydrogens is 254 g/mol. The van der Waals surface area contributed by atoms with E-state index < -0.39 is 0 Å². The molecular formula is C12H12BrNO. The van der Waals surface area contributed by atoms with Gasteiger partial charge in [-0.25, -0.2) is 0 Å². The molecule has 1 heterocycles. The Balaban J connectivity index is 2.06. The van der Waals surface area contributed by atoms with Crippen LogP contribution in [0.3, 0.4) is 0 Å². The van der Waals surface area contributed by atoms with E-state index in [2.05, 4.69) is 27.3 Å². The highest BCUT2D eigenvalue weighted by molar-refractivity contribution is 9.10. The van der Waals surface area contributed by atoms with Gasteiger partial charge >= 0.3 is 0 Å². The summed E-state index contributed by atoms with van der Waals surface area (Å²) in [5, 5.41) is 2.94. The van der Waals surface area contributed by atoms with Crippen LogP contribution in [0.2, 0.25) is 0 Å². The number of halogens is 1. The van der Waals surface area contributed by atoms with E-state index in [0.29, 0.717) is 12.3 Å². The zero-order chi connectivity index (χ0) is 10.4. The van der Waals surface area contributed by atoms with Gasteiger partial charge < -0.3 is 5.32 Å². The van der Waals surface area contributed by atoms with Crippen molar-refractivity contribution in [2.75, 3.05) is 5.32 Å². The van der Waals surface area contributed by atoms with Crippen molar-refractivity contribution in [2.24, 2.45) is 5.92 Å². The molecule has 1 saturated carbocycles. The Bertz CT molecular complexity index is 426. The van der Waals surface area contributed by atoms with Gasteiger partial charge in [0.25, 0.3) is 0 Å². The first-order valence-electron chi connectivity index (χ1n) is 5.33. The smallest absolute Gasteiger partial charge is 0.225 e. The summed E-state index contributed by atoms with van der Waals surface area (Å²) in [4.78, 5) is 11.5. The summed E-state index contributed by atoms with van der Waals surface area (Å²) in [6, 6.07) is 6.12. The lowest BCUT2D eigenvalue weighted by Crippen LogP contribution is -2.23. The third-order valence-electron chi connectivity index (χ3n) is 3.28. The third-order valence-corrected chi connectivity index (χ3v) is 3.78. The number of nitrogens with one attached hydrogen (secondary N) is 1. The van der Waals surface area contributed by atoms with Gasteiger partial charge in [0.15, 0.2) is 0 Å². The van der Waals surface area contributed by atoms with Crippen LogP contribution >= 0.6 is 15.9 Å². The Morgan fingerprint density at radius 2 is 2.13 bits per heavy atom. The summed E-state index contributed by atoms with van der Waals surface area (Å²) < 4.78 is 1.10. The van der Waals surface area contributed by atoms with Crippen molar-refractivity contribution in [1.82, 2.24) is 0 Å². The number of hydrogen-bond donors (Lipinski definition) is 1. The van der Waals surface area contributed by atoms with Gasteiger partial charge in [0.05, 0.1) is 0 Å². The largest absolute Gasteiger partial charge is 0.326 e. The number of fused-ring (bicyclic) bond motifs is 1. The molecule has 3 heteroatoms. The fraction of sp³-hybridized carbons (Fsp3) is 0.417. The lowest BCUT2D eigenvalue weighted by Gasteiger charge is -2.25. The molecule has 1 aromatic rings. The molecule has 2 nitrogen and oxygen atoms in total. The first kappa shape index (κ1) is 9.40. The Kier molecular flexibility index (Phi) is 2.09. The molecule has 1 aromatic carbocycles. The summed E-state index contributed by atoms with van der Waals surface area (Å²) in [5.74, 6) is 1.36. The highest BCUT2D eigenvalue weighted by Gasteiger charge is 2.37. The summed E-state index contributed by atoms with van der Waals surface area (Å²) in [6.45, 7) is 0. The van der Waals surface area contributed by atoms with Crippen molar-refractivity contribution < 1.29 is 4.79 Å². The summed E-state index contributed by atoms with van der Waals surface area (Å²) in [7, 11) is 0. The maximum absolute atomic E-state index is 11.5. The standard InChI is InChI=1S/C12H12BrNO/c13-8-3-4-11-10(5-8)9(7-1-2-7)6-12(15)14-11/h3-5,7,9H,1-2,6H2,(H,14,15). The second-order valence-electron chi connectivity index (χ2n) is 4.43. The quantitative estimate of drug-likeness (QED) is 0.830. The molecule has 0 spiro atoms. The first-order chi connectivity index (χ1) is 7.24. The van der Waals surface area contributed by atoms with E-state index in [1.807, 2.05) is 12.1 Å². The highest BCUT2D eigenvalue weighted by atomic mass is 79.9. The predicted molar refractivity (Wildman–Crippen MR) is 62.9 cm³/mol. The first-order valence-corrected chi connectivity index (χ1v) is 6.12. The maximum atomic E-state index is 11.5. The highest BCUT2D eigenvalue weighted by Crippen LogP contribution is 2.48. The van der Waals surface area contributed by atoms with Crippen LogP contribution in [0.5, 0.6) is 0 Å². The number of benzene rings is 1. The number of rotatable bonds is 1. The van der Waals surface area contributed by atoms with Gasteiger partial charge in [-0.15, -0.1) is 0 Å². The Hall–Kier alpha value is -0.830. The molecule has 1 fully saturated rings. The van der Waals surface area contributed by atoms with Gasteiger partial charge in [0.2, 0.25) is 5.91 Å². The van der Waals surface area contributed by atoms with Crippen LogP contribution in [-0.2, 0) is 4.79 Å². The number of carbonyl (C=O) groups excluding carboxylic acids is 1. The van der Waals surface area contributed by atoms with Gasteiger partial charge in [-0.3, -0.25) is 4.79 Å². The molecule has 78 valence electrons. The second-order valence-corrected chi connectivity index (χ2v) is 5.34. The Morgan fingerprint density at radius 1 is 1.33 bits per heavy atom. The van der Waals surface area contributed by atoms with Crippen LogP contribution in [0.1, 0.15) is 30.7 Å². The van der Waals surface area contributed by atoms with Crippen LogP contribution in [0.4, 0.5) is 5.69 Å². The normalized spacial score (nSPS) is 24.6. The summed E-state index contributed by atoms with van der Waals surface area (Å²) >= 11 is 3.49. The monoisotopic (exact) mass is 265 g/mol. The van der Waals surface area contributed by atoms with E-state index in [-0.39, 0.29) is 5.91 Å². The molecule has 0 bridgehead atoms. The van der Waals surface area contributed by atoms with Gasteiger partial charge in [-0.1, -0.05) is 15.9 Å². The van der Waals surface area contributed by atoms with Gasteiger partial charge in [0, 0.05) is 16.6 Å². The molecule has 1 aliphatic heterocycles. The fourth-order valence-corrected chi connectivity index (χ4v) is 2.76. The van der Waals surface area contributed by atoms with Crippen LogP contribution in [0, 0.1) is 5.92 Å². The van der Waals surface area contributed by atoms with Crippen molar-refractivity contribution in [3.8, 4) is 0 Å². The molecule has 0 aromatic heterocycles. The maximum Gasteiger partial charge on any atom is 0.225 e. The molecule has 15 heavy (non-hydrogen) atoms. The molecule has 1 amide bonds. The van der Waals surface area contributed by atoms with E-state index in [1.54, 1.807) is 0 Å². The Morgan fingerprint density at radius 3 is 2.87 bits per heavy atom. The van der Waals surface area contributed by atoms with Gasteiger partial charge in [-0.2, -0.15) is 0 Å².